The number of fused-ring (bicyclic) bond motifs is 1. The van der Waals surface area contributed by atoms with Crippen molar-refractivity contribution in [2.75, 3.05) is 18.4 Å². The van der Waals surface area contributed by atoms with Gasteiger partial charge in [0.2, 0.25) is 5.91 Å². The third kappa shape index (κ3) is 3.40. The van der Waals surface area contributed by atoms with Gasteiger partial charge in [0, 0.05) is 24.3 Å². The number of anilines is 1. The standard InChI is InChI=1S/C19H15F2N3O2S/c1-10-22-16-7-13(3-5-17(16)27-10)23-18(25)12-8-24(9-12)19(26)11-2-4-14(20)15(21)6-11/h2-7,12H,8-9H2,1H3,(H,23,25). The summed E-state index contributed by atoms with van der Waals surface area (Å²) in [6.45, 7) is 2.40. The molecule has 0 saturated carbocycles. The summed E-state index contributed by atoms with van der Waals surface area (Å²) in [6, 6.07) is 8.58. The lowest BCUT2D eigenvalue weighted by Crippen LogP contribution is -2.54. The van der Waals surface area contributed by atoms with E-state index in [1.54, 1.807) is 11.3 Å². The van der Waals surface area contributed by atoms with Crippen molar-refractivity contribution in [2.24, 2.45) is 5.92 Å². The second-order valence-electron chi connectivity index (χ2n) is 6.44. The highest BCUT2D eigenvalue weighted by Crippen LogP contribution is 2.26. The SMILES string of the molecule is Cc1nc2cc(NC(=O)C3CN(C(=O)c4ccc(F)c(F)c4)C3)ccc2s1. The van der Waals surface area contributed by atoms with Gasteiger partial charge >= 0.3 is 0 Å². The van der Waals surface area contributed by atoms with Crippen LogP contribution in [0.4, 0.5) is 14.5 Å². The van der Waals surface area contributed by atoms with Crippen LogP contribution in [0.1, 0.15) is 15.4 Å². The lowest BCUT2D eigenvalue weighted by atomic mass is 9.97. The van der Waals surface area contributed by atoms with Gasteiger partial charge in [0.05, 0.1) is 21.1 Å². The van der Waals surface area contributed by atoms with Gasteiger partial charge in [-0.3, -0.25) is 9.59 Å². The molecular weight excluding hydrogens is 372 g/mol. The Morgan fingerprint density at radius 2 is 1.93 bits per heavy atom. The van der Waals surface area contributed by atoms with E-state index in [-0.39, 0.29) is 30.5 Å². The lowest BCUT2D eigenvalue weighted by Gasteiger charge is -2.38. The van der Waals surface area contributed by atoms with E-state index in [1.807, 2.05) is 25.1 Å². The van der Waals surface area contributed by atoms with Gasteiger partial charge in [-0.05, 0) is 43.3 Å². The summed E-state index contributed by atoms with van der Waals surface area (Å²) in [5, 5.41) is 3.80. The maximum atomic E-state index is 13.3. The number of benzene rings is 2. The number of likely N-dealkylation sites (tertiary alicyclic amines) is 1. The molecule has 0 aliphatic carbocycles. The topological polar surface area (TPSA) is 62.3 Å². The molecule has 0 unspecified atom stereocenters. The van der Waals surface area contributed by atoms with E-state index in [2.05, 4.69) is 10.3 Å². The van der Waals surface area contributed by atoms with Crippen LogP contribution in [-0.4, -0.2) is 34.8 Å². The molecule has 27 heavy (non-hydrogen) atoms. The van der Waals surface area contributed by atoms with Crippen molar-refractivity contribution >= 4 is 39.1 Å². The van der Waals surface area contributed by atoms with Gasteiger partial charge in [0.25, 0.3) is 5.91 Å². The van der Waals surface area contributed by atoms with Crippen molar-refractivity contribution in [2.45, 2.75) is 6.92 Å². The van der Waals surface area contributed by atoms with Crippen LogP contribution in [0.25, 0.3) is 10.2 Å². The molecule has 138 valence electrons. The Labute approximate surface area is 157 Å². The Kier molecular flexibility index (Phi) is 4.35. The van der Waals surface area contributed by atoms with Gasteiger partial charge in [-0.1, -0.05) is 0 Å². The first-order valence-corrected chi connectivity index (χ1v) is 9.15. The van der Waals surface area contributed by atoms with Crippen LogP contribution in [0.15, 0.2) is 36.4 Å². The number of carbonyl (C=O) groups excluding carboxylic acids is 2. The number of hydrogen-bond donors (Lipinski definition) is 1. The van der Waals surface area contributed by atoms with Crippen LogP contribution in [0, 0.1) is 24.5 Å². The van der Waals surface area contributed by atoms with Crippen LogP contribution in [0.3, 0.4) is 0 Å². The van der Waals surface area contributed by atoms with Crippen molar-refractivity contribution in [1.82, 2.24) is 9.88 Å². The number of nitrogens with one attached hydrogen (secondary N) is 1. The Morgan fingerprint density at radius 1 is 1.15 bits per heavy atom. The second kappa shape index (κ2) is 6.70. The van der Waals surface area contributed by atoms with Gasteiger partial charge in [-0.2, -0.15) is 0 Å². The number of amides is 2. The third-order valence-electron chi connectivity index (χ3n) is 4.47. The highest BCUT2D eigenvalue weighted by Gasteiger charge is 2.36. The van der Waals surface area contributed by atoms with Crippen LogP contribution in [-0.2, 0) is 4.79 Å². The van der Waals surface area contributed by atoms with Gasteiger partial charge in [0.1, 0.15) is 0 Å². The van der Waals surface area contributed by atoms with E-state index >= 15 is 0 Å². The fraction of sp³-hybridized carbons (Fsp3) is 0.211. The monoisotopic (exact) mass is 387 g/mol. The summed E-state index contributed by atoms with van der Waals surface area (Å²) < 4.78 is 27.3. The van der Waals surface area contributed by atoms with E-state index in [9.17, 15) is 18.4 Å². The zero-order chi connectivity index (χ0) is 19.1. The van der Waals surface area contributed by atoms with E-state index in [0.29, 0.717) is 5.69 Å². The fourth-order valence-corrected chi connectivity index (χ4v) is 3.79. The summed E-state index contributed by atoms with van der Waals surface area (Å²) in [7, 11) is 0. The van der Waals surface area contributed by atoms with Gasteiger partial charge in [0.15, 0.2) is 11.6 Å². The van der Waals surface area contributed by atoms with E-state index < -0.39 is 17.5 Å². The molecule has 1 aliphatic heterocycles. The summed E-state index contributed by atoms with van der Waals surface area (Å²) >= 11 is 1.59. The van der Waals surface area contributed by atoms with Crippen molar-refractivity contribution < 1.29 is 18.4 Å². The molecule has 0 spiro atoms. The van der Waals surface area contributed by atoms with Crippen LogP contribution >= 0.6 is 11.3 Å². The molecule has 0 atom stereocenters. The summed E-state index contributed by atoms with van der Waals surface area (Å²) in [5.74, 6) is -3.01. The molecule has 1 saturated heterocycles. The Morgan fingerprint density at radius 3 is 2.67 bits per heavy atom. The first-order valence-electron chi connectivity index (χ1n) is 8.33. The van der Waals surface area contributed by atoms with Gasteiger partial charge in [-0.25, -0.2) is 13.8 Å². The zero-order valence-corrected chi connectivity index (χ0v) is 15.1. The van der Waals surface area contributed by atoms with Crippen molar-refractivity contribution in [3.8, 4) is 0 Å². The molecule has 0 bridgehead atoms. The molecule has 5 nitrogen and oxygen atoms in total. The number of carbonyl (C=O) groups is 2. The van der Waals surface area contributed by atoms with Crippen molar-refractivity contribution in [3.63, 3.8) is 0 Å². The minimum absolute atomic E-state index is 0.0668. The molecule has 1 aliphatic rings. The van der Waals surface area contributed by atoms with E-state index in [4.69, 9.17) is 0 Å². The molecule has 1 fully saturated rings. The summed E-state index contributed by atoms with van der Waals surface area (Å²) in [4.78, 5) is 30.5. The number of aryl methyl sites for hydroxylation is 1. The number of rotatable bonds is 3. The predicted molar refractivity (Wildman–Crippen MR) is 98.7 cm³/mol. The minimum atomic E-state index is -1.07. The minimum Gasteiger partial charge on any atom is -0.337 e. The van der Waals surface area contributed by atoms with Crippen LogP contribution < -0.4 is 5.32 Å². The maximum absolute atomic E-state index is 13.3. The van der Waals surface area contributed by atoms with E-state index in [1.165, 1.54) is 11.0 Å². The average Bonchev–Trinajstić information content (AvgIpc) is 2.95. The number of nitrogens with zero attached hydrogens (tertiary/aromatic N) is 2. The van der Waals surface area contributed by atoms with Crippen LogP contribution in [0.2, 0.25) is 0 Å². The quantitative estimate of drug-likeness (QED) is 0.747. The Balaban J connectivity index is 1.37. The number of thiazole rings is 1. The third-order valence-corrected chi connectivity index (χ3v) is 5.42. The Bertz CT molecular complexity index is 1060. The highest BCUT2D eigenvalue weighted by molar-refractivity contribution is 7.18. The van der Waals surface area contributed by atoms with Gasteiger partial charge < -0.3 is 10.2 Å². The molecule has 1 aromatic heterocycles. The predicted octanol–water partition coefficient (Wildman–Crippen LogP) is 3.59. The maximum Gasteiger partial charge on any atom is 0.254 e. The first kappa shape index (κ1) is 17.5. The molecular formula is C19H15F2N3O2S. The smallest absolute Gasteiger partial charge is 0.254 e. The Hall–Kier alpha value is -2.87. The molecule has 0 radical (unpaired) electrons. The first-order chi connectivity index (χ1) is 12.9. The number of hydrogen-bond acceptors (Lipinski definition) is 4. The largest absolute Gasteiger partial charge is 0.337 e. The van der Waals surface area contributed by atoms with E-state index in [0.717, 1.165) is 27.4 Å². The molecule has 1 N–H and O–H groups in total. The highest BCUT2D eigenvalue weighted by atomic mass is 32.1. The average molecular weight is 387 g/mol. The summed E-state index contributed by atoms with van der Waals surface area (Å²) in [6.07, 6.45) is 0. The molecule has 3 aromatic rings. The van der Waals surface area contributed by atoms with Crippen molar-refractivity contribution in [1.29, 1.82) is 0 Å². The number of halogens is 2. The lowest BCUT2D eigenvalue weighted by molar-refractivity contribution is -0.123. The molecule has 8 heteroatoms. The molecule has 2 amide bonds. The second-order valence-corrected chi connectivity index (χ2v) is 7.68. The van der Waals surface area contributed by atoms with Gasteiger partial charge in [-0.15, -0.1) is 11.3 Å². The zero-order valence-electron chi connectivity index (χ0n) is 14.3. The van der Waals surface area contributed by atoms with Crippen molar-refractivity contribution in [3.05, 3.63) is 58.6 Å². The normalized spacial score (nSPS) is 14.3. The molecule has 4 rings (SSSR count). The summed E-state index contributed by atoms with van der Waals surface area (Å²) in [5.41, 5.74) is 1.55. The number of aromatic nitrogens is 1. The van der Waals surface area contributed by atoms with Crippen LogP contribution in [0.5, 0.6) is 0 Å². The fourth-order valence-electron chi connectivity index (χ4n) is 2.99. The molecule has 2 heterocycles. The molecule has 2 aromatic carbocycles.